The van der Waals surface area contributed by atoms with Gasteiger partial charge in [0, 0.05) is 36.2 Å². The molecule has 0 saturated heterocycles. The summed E-state index contributed by atoms with van der Waals surface area (Å²) in [5, 5.41) is 15.1. The van der Waals surface area contributed by atoms with Crippen molar-refractivity contribution in [1.29, 1.82) is 0 Å². The Balaban J connectivity index is 2.04. The van der Waals surface area contributed by atoms with Crippen molar-refractivity contribution in [3.63, 3.8) is 0 Å². The average Bonchev–Trinajstić information content (AvgIpc) is 3.28. The number of aliphatic hydroxyl groups is 1. The molecule has 1 amide bonds. The third-order valence-electron chi connectivity index (χ3n) is 6.50. The van der Waals surface area contributed by atoms with E-state index in [0.29, 0.717) is 10.8 Å². The van der Waals surface area contributed by atoms with Gasteiger partial charge in [0.1, 0.15) is 22.9 Å². The number of rotatable bonds is 7. The molecular formula is C32H31ClF5N5O5S. The van der Waals surface area contributed by atoms with Crippen LogP contribution in [0.25, 0.3) is 22.0 Å². The number of sulfonamides is 1. The molecule has 0 fully saturated rings. The number of aryl methyl sites for hydroxylation is 1. The lowest BCUT2D eigenvalue weighted by Gasteiger charge is -2.25. The summed E-state index contributed by atoms with van der Waals surface area (Å²) in [4.78, 5) is 17.7. The highest BCUT2D eigenvalue weighted by atomic mass is 35.5. The smallest absolute Gasteiger partial charge is 0.439 e. The molecule has 4 aromatic rings. The van der Waals surface area contributed by atoms with Crippen molar-refractivity contribution in [2.45, 2.75) is 69.6 Å². The van der Waals surface area contributed by atoms with Gasteiger partial charge in [-0.1, -0.05) is 23.6 Å². The van der Waals surface area contributed by atoms with E-state index in [9.17, 15) is 40.3 Å². The molecule has 0 radical (unpaired) electrons. The van der Waals surface area contributed by atoms with E-state index >= 15 is 0 Å². The summed E-state index contributed by atoms with van der Waals surface area (Å²) in [7, 11) is -4.00. The number of amides is 1. The minimum absolute atomic E-state index is 0.0388. The maximum atomic E-state index is 14.3. The zero-order chi connectivity index (χ0) is 36.7. The molecule has 1 atom stereocenters. The first kappa shape index (κ1) is 37.5. The van der Waals surface area contributed by atoms with E-state index < -0.39 is 56.3 Å². The van der Waals surface area contributed by atoms with Gasteiger partial charge in [-0.2, -0.15) is 18.3 Å². The molecule has 0 spiro atoms. The number of aromatic nitrogens is 3. The third-order valence-corrected chi connectivity index (χ3v) is 8.11. The van der Waals surface area contributed by atoms with Crippen molar-refractivity contribution in [2.75, 3.05) is 0 Å². The van der Waals surface area contributed by atoms with Gasteiger partial charge < -0.3 is 15.2 Å². The maximum absolute atomic E-state index is 14.3. The number of pyridine rings is 1. The number of fused-ring (bicyclic) bond motifs is 1. The minimum Gasteiger partial charge on any atom is -0.439 e. The van der Waals surface area contributed by atoms with Crippen LogP contribution in [0.4, 0.5) is 26.7 Å². The SMILES string of the molecule is Cn1nc(S(=O)(=O)NC(F)(F)F)c2c(Cl)ccc(-c3ccc(C#CC(C)(C)O)nc3[C@H](Cc3cc(F)cc(F)c3)OC(=O)NC(C)(C)C)c21. The van der Waals surface area contributed by atoms with Crippen molar-refractivity contribution in [3.8, 4) is 23.0 Å². The molecule has 49 heavy (non-hydrogen) atoms. The number of carbonyl (C=O) groups is 1. The summed E-state index contributed by atoms with van der Waals surface area (Å²) in [6.45, 7) is 7.93. The summed E-state index contributed by atoms with van der Waals surface area (Å²) in [5.74, 6) is 3.52. The van der Waals surface area contributed by atoms with Gasteiger partial charge in [-0.15, -0.1) is 4.72 Å². The monoisotopic (exact) mass is 727 g/mol. The molecule has 2 aromatic carbocycles. The lowest BCUT2D eigenvalue weighted by atomic mass is 9.95. The third kappa shape index (κ3) is 9.66. The number of ether oxygens (including phenoxy) is 1. The number of nitrogens with zero attached hydrogens (tertiary/aromatic N) is 3. The molecule has 2 aromatic heterocycles. The highest BCUT2D eigenvalue weighted by molar-refractivity contribution is 7.89. The second kappa shape index (κ2) is 13.5. The Bertz CT molecular complexity index is 2080. The van der Waals surface area contributed by atoms with E-state index in [1.165, 1.54) is 45.2 Å². The second-order valence-corrected chi connectivity index (χ2v) is 14.5. The summed E-state index contributed by atoms with van der Waals surface area (Å²) in [6.07, 6.45) is -7.97. The van der Waals surface area contributed by atoms with Gasteiger partial charge in [0.15, 0.2) is 6.10 Å². The zero-order valence-electron chi connectivity index (χ0n) is 26.9. The van der Waals surface area contributed by atoms with Crippen LogP contribution in [-0.2, 0) is 28.2 Å². The van der Waals surface area contributed by atoms with E-state index in [1.54, 1.807) is 20.8 Å². The Morgan fingerprint density at radius 1 is 1.04 bits per heavy atom. The number of alkyl carbamates (subject to hydrolysis) is 1. The summed E-state index contributed by atoms with van der Waals surface area (Å²) >= 11 is 6.36. The molecule has 0 aliphatic heterocycles. The van der Waals surface area contributed by atoms with Gasteiger partial charge in [0.2, 0.25) is 5.03 Å². The van der Waals surface area contributed by atoms with Crippen molar-refractivity contribution in [2.24, 2.45) is 7.05 Å². The Hall–Kier alpha value is -4.30. The van der Waals surface area contributed by atoms with Crippen LogP contribution in [0.3, 0.4) is 0 Å². The fourth-order valence-electron chi connectivity index (χ4n) is 4.79. The van der Waals surface area contributed by atoms with Crippen LogP contribution in [0.2, 0.25) is 5.02 Å². The number of hydrogen-bond donors (Lipinski definition) is 3. The average molecular weight is 728 g/mol. The number of nitrogens with one attached hydrogen (secondary N) is 2. The number of hydrogen-bond acceptors (Lipinski definition) is 7. The summed E-state index contributed by atoms with van der Waals surface area (Å²) in [6, 6.07) is 8.30. The van der Waals surface area contributed by atoms with Crippen molar-refractivity contribution < 1.29 is 45.0 Å². The Morgan fingerprint density at radius 3 is 2.22 bits per heavy atom. The van der Waals surface area contributed by atoms with Crippen molar-refractivity contribution in [3.05, 3.63) is 76.1 Å². The fraction of sp³-hybridized carbons (Fsp3) is 0.344. The first-order chi connectivity index (χ1) is 22.4. The van der Waals surface area contributed by atoms with Gasteiger partial charge in [-0.05, 0) is 76.4 Å². The number of alkyl halides is 3. The molecular weight excluding hydrogens is 697 g/mol. The topological polar surface area (TPSA) is 135 Å². The van der Waals surface area contributed by atoms with E-state index in [1.807, 2.05) is 0 Å². The number of benzene rings is 2. The van der Waals surface area contributed by atoms with Crippen molar-refractivity contribution >= 4 is 38.6 Å². The van der Waals surface area contributed by atoms with Gasteiger partial charge in [-0.3, -0.25) is 4.68 Å². The zero-order valence-corrected chi connectivity index (χ0v) is 28.5. The Labute approximate surface area is 283 Å². The highest BCUT2D eigenvalue weighted by Crippen LogP contribution is 2.40. The molecule has 0 aliphatic carbocycles. The minimum atomic E-state index is -5.32. The van der Waals surface area contributed by atoms with Gasteiger partial charge in [0.05, 0.1) is 21.6 Å². The van der Waals surface area contributed by atoms with Crippen LogP contribution in [0.15, 0.2) is 47.5 Å². The predicted octanol–water partition coefficient (Wildman–Crippen LogP) is 6.30. The predicted molar refractivity (Wildman–Crippen MR) is 171 cm³/mol. The van der Waals surface area contributed by atoms with E-state index in [-0.39, 0.29) is 50.4 Å². The lowest BCUT2D eigenvalue weighted by Crippen LogP contribution is -2.41. The molecule has 0 aliphatic rings. The van der Waals surface area contributed by atoms with E-state index in [2.05, 4.69) is 27.2 Å². The molecule has 3 N–H and O–H groups in total. The first-order valence-electron chi connectivity index (χ1n) is 14.4. The van der Waals surface area contributed by atoms with Crippen LogP contribution in [0.5, 0.6) is 0 Å². The molecule has 0 unspecified atom stereocenters. The van der Waals surface area contributed by atoms with E-state index in [0.717, 1.165) is 16.8 Å². The molecule has 4 rings (SSSR count). The van der Waals surface area contributed by atoms with Crippen molar-refractivity contribution in [1.82, 2.24) is 24.8 Å². The number of halogens is 6. The van der Waals surface area contributed by atoms with Crippen LogP contribution in [0.1, 0.15) is 57.7 Å². The highest BCUT2D eigenvalue weighted by Gasteiger charge is 2.38. The van der Waals surface area contributed by atoms with Crippen LogP contribution < -0.4 is 10.0 Å². The standard InChI is InChI=1S/C32H31ClF5N5O5S/c1-30(2,3)40-29(44)48-24(15-17-13-18(34)16-19(35)14-17)26-21(8-7-20(39-26)11-12-31(4,5)45)22-9-10-23(33)25-27(22)43(6)41-28(25)49(46,47)42-32(36,37)38/h7-10,13-14,16,24,42,45H,15H2,1-6H3,(H,40,44)/t24-/m0/s1. The van der Waals surface area contributed by atoms with Crippen LogP contribution >= 0.6 is 11.6 Å². The summed E-state index contributed by atoms with van der Waals surface area (Å²) < 4.78 is 101. The molecule has 0 saturated carbocycles. The van der Waals surface area contributed by atoms with Gasteiger partial charge >= 0.3 is 12.4 Å². The van der Waals surface area contributed by atoms with Crippen LogP contribution in [-0.4, -0.2) is 51.8 Å². The maximum Gasteiger partial charge on any atom is 0.470 e. The Kier molecular flexibility index (Phi) is 10.4. The fourth-order valence-corrected chi connectivity index (χ4v) is 6.19. The molecule has 17 heteroatoms. The van der Waals surface area contributed by atoms with Gasteiger partial charge in [-0.25, -0.2) is 27.0 Å². The quantitative estimate of drug-likeness (QED) is 0.116. The molecule has 0 bridgehead atoms. The molecule has 10 nitrogen and oxygen atoms in total. The molecule has 2 heterocycles. The largest absolute Gasteiger partial charge is 0.470 e. The number of carbonyl (C=O) groups excluding carboxylic acids is 1. The Morgan fingerprint density at radius 2 is 1.65 bits per heavy atom. The first-order valence-corrected chi connectivity index (χ1v) is 16.2. The second-order valence-electron chi connectivity index (χ2n) is 12.5. The summed E-state index contributed by atoms with van der Waals surface area (Å²) in [5.41, 5.74) is -1.86. The molecule has 262 valence electrons. The van der Waals surface area contributed by atoms with E-state index in [4.69, 9.17) is 16.3 Å². The normalized spacial score (nSPS) is 13.2. The lowest BCUT2D eigenvalue weighted by molar-refractivity contribution is -0.138. The van der Waals surface area contributed by atoms with Crippen LogP contribution in [0, 0.1) is 23.5 Å². The van der Waals surface area contributed by atoms with Gasteiger partial charge in [0.25, 0.3) is 10.0 Å².